The van der Waals surface area contributed by atoms with Crippen molar-refractivity contribution in [3.8, 4) is 0 Å². The molecule has 3 heteroatoms. The van der Waals surface area contributed by atoms with Gasteiger partial charge in [-0.05, 0) is 29.7 Å². The molecule has 2 nitrogen and oxygen atoms in total. The first-order chi connectivity index (χ1) is 9.75. The number of anilines is 1. The average Bonchev–Trinajstić information content (AvgIpc) is 2.91. The third kappa shape index (κ3) is 2.39. The molecule has 0 aliphatic heterocycles. The molecule has 0 saturated carbocycles. The second-order valence-corrected chi connectivity index (χ2v) is 5.08. The van der Waals surface area contributed by atoms with Gasteiger partial charge in [-0.25, -0.2) is 0 Å². The summed E-state index contributed by atoms with van der Waals surface area (Å²) >= 11 is 0. The molecule has 0 fully saturated rings. The van der Waals surface area contributed by atoms with E-state index in [-0.39, 0.29) is 11.7 Å². The van der Waals surface area contributed by atoms with Crippen LogP contribution in [0.4, 0.5) is 5.69 Å². The van der Waals surface area contributed by atoms with Gasteiger partial charge in [-0.3, -0.25) is 4.79 Å². The van der Waals surface area contributed by atoms with Crippen molar-refractivity contribution in [3.05, 3.63) is 71.8 Å². The Bertz CT molecular complexity index is 664. The van der Waals surface area contributed by atoms with E-state index in [9.17, 15) is 4.79 Å². The number of hydrogen-bond acceptors (Lipinski definition) is 2. The third-order valence-corrected chi connectivity index (χ3v) is 3.65. The molecule has 1 aliphatic rings. The van der Waals surface area contributed by atoms with E-state index >= 15 is 0 Å². The van der Waals surface area contributed by atoms with Crippen molar-refractivity contribution in [3.63, 3.8) is 0 Å². The fourth-order valence-electron chi connectivity index (χ4n) is 2.60. The zero-order chi connectivity index (χ0) is 13.9. The van der Waals surface area contributed by atoms with Crippen LogP contribution in [0.25, 0.3) is 5.57 Å². The smallest absolute Gasteiger partial charge is 0.176 e. The quantitative estimate of drug-likeness (QED) is 0.855. The second-order valence-electron chi connectivity index (χ2n) is 5.08. The first-order valence-electron chi connectivity index (χ1n) is 6.90. The Morgan fingerprint density at radius 1 is 1.05 bits per heavy atom. The highest BCUT2D eigenvalue weighted by Gasteiger charge is 2.23. The van der Waals surface area contributed by atoms with Crippen LogP contribution in [0.2, 0.25) is 0 Å². The highest BCUT2D eigenvalue weighted by atomic mass is 16.1. The number of benzene rings is 2. The van der Waals surface area contributed by atoms with E-state index in [0.29, 0.717) is 0 Å². The maximum absolute atomic E-state index is 12.6. The fourth-order valence-corrected chi connectivity index (χ4v) is 2.60. The number of hydrogen-bond donors (Lipinski definition) is 1. The van der Waals surface area contributed by atoms with Crippen molar-refractivity contribution in [2.45, 2.75) is 12.4 Å². The van der Waals surface area contributed by atoms with Gasteiger partial charge in [-0.15, -0.1) is 0 Å². The molecule has 1 aliphatic carbocycles. The topological polar surface area (TPSA) is 29.1 Å². The molecule has 20 heavy (non-hydrogen) atoms. The van der Waals surface area contributed by atoms with E-state index < -0.39 is 0 Å². The molecule has 0 bridgehead atoms. The highest BCUT2D eigenvalue weighted by molar-refractivity contribution is 6.38. The molecule has 3 rings (SSSR count). The van der Waals surface area contributed by atoms with Crippen LogP contribution in [0, 0.1) is 0 Å². The van der Waals surface area contributed by atoms with Crippen molar-refractivity contribution < 1.29 is 4.79 Å². The van der Waals surface area contributed by atoms with Crippen LogP contribution in [0.5, 0.6) is 0 Å². The van der Waals surface area contributed by atoms with Gasteiger partial charge in [0, 0.05) is 11.3 Å². The first-order valence-corrected chi connectivity index (χ1v) is 6.90. The minimum Gasteiger partial charge on any atom is -0.383 e. The van der Waals surface area contributed by atoms with Crippen LogP contribution in [0.15, 0.2) is 60.7 Å². The number of nitrogens with one attached hydrogen (secondary N) is 1. The van der Waals surface area contributed by atoms with Gasteiger partial charge >= 0.3 is 0 Å². The van der Waals surface area contributed by atoms with E-state index in [1.165, 1.54) is 5.56 Å². The Kier molecular flexibility index (Phi) is 3.42. The Labute approximate surface area is 119 Å². The third-order valence-electron chi connectivity index (χ3n) is 3.65. The van der Waals surface area contributed by atoms with Gasteiger partial charge < -0.3 is 5.32 Å². The summed E-state index contributed by atoms with van der Waals surface area (Å²) in [5.41, 5.74) is 4.14. The lowest BCUT2D eigenvalue weighted by Crippen LogP contribution is -2.30. The van der Waals surface area contributed by atoms with E-state index in [1.54, 1.807) is 0 Å². The molecule has 0 aromatic heterocycles. The van der Waals surface area contributed by atoms with Crippen molar-refractivity contribution in [1.29, 1.82) is 0 Å². The summed E-state index contributed by atoms with van der Waals surface area (Å²) in [5, 5.41) is 3.26. The van der Waals surface area contributed by atoms with Gasteiger partial charge in [-0.2, -0.15) is 0 Å². The summed E-state index contributed by atoms with van der Waals surface area (Å²) in [6.45, 7) is 0. The second kappa shape index (κ2) is 5.37. The lowest BCUT2D eigenvalue weighted by atomic mass is 9.86. The molecule has 0 amide bonds. The molecule has 0 heterocycles. The molecule has 2 aromatic carbocycles. The van der Waals surface area contributed by atoms with Gasteiger partial charge in [0.15, 0.2) is 5.78 Å². The number of rotatable bonds is 4. The number of para-hydroxylation sites is 1. The lowest BCUT2D eigenvalue weighted by molar-refractivity contribution is -0.113. The lowest BCUT2D eigenvalue weighted by Gasteiger charge is -2.15. The first kappa shape index (κ1) is 12.7. The zero-order valence-corrected chi connectivity index (χ0v) is 11.5. The number of ketones is 1. The molecule has 2 aromatic rings. The molecule has 1 atom stereocenters. The predicted molar refractivity (Wildman–Crippen MR) is 85.5 cm³/mol. The number of Topliss-reactive ketones (excluding diaryl/α,β-unsaturated/α-hetero) is 1. The Hall–Kier alpha value is -2.29. The Morgan fingerprint density at radius 3 is 2.55 bits per heavy atom. The summed E-state index contributed by atoms with van der Waals surface area (Å²) in [6.07, 6.45) is 2.89. The minimum absolute atomic E-state index is 0.152. The standard InChI is InChI=1S/C17H16BNO/c18-17(19-13-7-2-1-3-8-13)16(20)15-11-10-12-6-4-5-9-14(12)15/h1-9,11,17,19H,10,18H2. The molecule has 0 spiro atoms. The van der Waals surface area contributed by atoms with Crippen LogP contribution in [0.3, 0.4) is 0 Å². The maximum Gasteiger partial charge on any atom is 0.176 e. The van der Waals surface area contributed by atoms with Crippen molar-refractivity contribution >= 4 is 24.9 Å². The van der Waals surface area contributed by atoms with Gasteiger partial charge in [0.25, 0.3) is 0 Å². The van der Waals surface area contributed by atoms with E-state index in [4.69, 9.17) is 0 Å². The van der Waals surface area contributed by atoms with Gasteiger partial charge in [0.1, 0.15) is 7.85 Å². The molecule has 1 N–H and O–H groups in total. The van der Waals surface area contributed by atoms with Crippen LogP contribution in [0.1, 0.15) is 11.1 Å². The average molecular weight is 261 g/mol. The maximum atomic E-state index is 12.6. The van der Waals surface area contributed by atoms with Gasteiger partial charge in [0.2, 0.25) is 0 Å². The normalized spacial score (nSPS) is 14.3. The largest absolute Gasteiger partial charge is 0.383 e. The van der Waals surface area contributed by atoms with E-state index in [2.05, 4.69) is 11.4 Å². The molecule has 0 saturated heterocycles. The molecule has 0 radical (unpaired) electrons. The monoisotopic (exact) mass is 261 g/mol. The summed E-state index contributed by atoms with van der Waals surface area (Å²) < 4.78 is 0. The predicted octanol–water partition coefficient (Wildman–Crippen LogP) is 2.27. The fraction of sp³-hybridized carbons (Fsp3) is 0.118. The minimum atomic E-state index is -0.227. The number of allylic oxidation sites excluding steroid dienone is 1. The van der Waals surface area contributed by atoms with E-state index in [1.807, 2.05) is 62.5 Å². The van der Waals surface area contributed by atoms with Crippen LogP contribution < -0.4 is 5.32 Å². The zero-order valence-electron chi connectivity index (χ0n) is 11.5. The summed E-state index contributed by atoms with van der Waals surface area (Å²) in [7, 11) is 1.91. The van der Waals surface area contributed by atoms with Crippen molar-refractivity contribution in [2.75, 3.05) is 5.32 Å². The molecule has 98 valence electrons. The highest BCUT2D eigenvalue weighted by Crippen LogP contribution is 2.28. The number of carbonyl (C=O) groups is 1. The summed E-state index contributed by atoms with van der Waals surface area (Å²) in [4.78, 5) is 12.6. The van der Waals surface area contributed by atoms with Crippen LogP contribution in [-0.4, -0.2) is 19.6 Å². The molecular formula is C17H16BNO. The summed E-state index contributed by atoms with van der Waals surface area (Å²) in [5.74, 6) is -0.0754. The van der Waals surface area contributed by atoms with Gasteiger partial charge in [-0.1, -0.05) is 48.5 Å². The SMILES string of the molecule is BC(Nc1ccccc1)C(=O)C1=CCc2ccccc21. The van der Waals surface area contributed by atoms with Crippen molar-refractivity contribution in [2.24, 2.45) is 0 Å². The summed E-state index contributed by atoms with van der Waals surface area (Å²) in [6, 6.07) is 18.0. The molecule has 1 unspecified atom stereocenters. The van der Waals surface area contributed by atoms with E-state index in [0.717, 1.165) is 23.2 Å². The Morgan fingerprint density at radius 2 is 1.75 bits per heavy atom. The van der Waals surface area contributed by atoms with Crippen LogP contribution >= 0.6 is 0 Å². The van der Waals surface area contributed by atoms with Crippen LogP contribution in [-0.2, 0) is 11.2 Å². The van der Waals surface area contributed by atoms with Crippen molar-refractivity contribution in [1.82, 2.24) is 0 Å². The number of fused-ring (bicyclic) bond motifs is 1. The molecular weight excluding hydrogens is 245 g/mol. The Balaban J connectivity index is 1.77. The van der Waals surface area contributed by atoms with Gasteiger partial charge in [0.05, 0.1) is 5.94 Å². The number of carbonyl (C=O) groups excluding carboxylic acids is 1.